The van der Waals surface area contributed by atoms with Crippen molar-refractivity contribution in [2.75, 3.05) is 31.1 Å². The number of aliphatic hydroxyl groups excluding tert-OH is 1. The average Bonchev–Trinajstić information content (AvgIpc) is 2.79. The Morgan fingerprint density at radius 3 is 2.31 bits per heavy atom. The largest absolute Gasteiger partial charge is 0.417 e. The number of nitrogens with one attached hydrogen (secondary N) is 1. The first kappa shape index (κ1) is 25.8. The number of aliphatic hydroxyl groups is 1. The number of carbonyl (C=O) groups is 1. The number of rotatable bonds is 6. The lowest BCUT2D eigenvalue weighted by Crippen LogP contribution is -2.65. The van der Waals surface area contributed by atoms with Crippen molar-refractivity contribution in [3.8, 4) is 0 Å². The SMILES string of the molecule is CC(O)CC12CC3CC(C1)C(NC(=O)C(C)(C)N1CCN(c4ccc(C(F)(F)F)cn4)CC1)C(C3)C2. The van der Waals surface area contributed by atoms with Crippen LogP contribution in [0.5, 0.6) is 0 Å². The number of alkyl halides is 3. The van der Waals surface area contributed by atoms with Gasteiger partial charge in [-0.25, -0.2) is 4.98 Å². The maximum Gasteiger partial charge on any atom is 0.417 e. The molecule has 0 aromatic carbocycles. The number of hydrogen-bond acceptors (Lipinski definition) is 5. The Morgan fingerprint density at radius 1 is 1.14 bits per heavy atom. The fourth-order valence-corrected chi connectivity index (χ4v) is 8.01. The number of halogens is 3. The molecule has 4 saturated carbocycles. The molecule has 4 aliphatic carbocycles. The van der Waals surface area contributed by atoms with Gasteiger partial charge in [0.15, 0.2) is 0 Å². The van der Waals surface area contributed by atoms with E-state index in [9.17, 15) is 23.1 Å². The molecule has 5 aliphatic rings. The van der Waals surface area contributed by atoms with E-state index >= 15 is 0 Å². The van der Waals surface area contributed by atoms with Crippen LogP contribution in [0, 0.1) is 23.2 Å². The third-order valence-electron chi connectivity index (χ3n) is 9.45. The summed E-state index contributed by atoms with van der Waals surface area (Å²) in [5.74, 6) is 2.32. The Hall–Kier alpha value is -1.87. The third kappa shape index (κ3) is 4.85. The average molecular weight is 509 g/mol. The second-order valence-electron chi connectivity index (χ2n) is 12.5. The minimum absolute atomic E-state index is 0.0608. The highest BCUT2D eigenvalue weighted by Gasteiger charge is 2.56. The van der Waals surface area contributed by atoms with Crippen molar-refractivity contribution in [1.82, 2.24) is 15.2 Å². The van der Waals surface area contributed by atoms with Gasteiger partial charge in [0.25, 0.3) is 0 Å². The Labute approximate surface area is 211 Å². The highest BCUT2D eigenvalue weighted by Crippen LogP contribution is 2.61. The minimum Gasteiger partial charge on any atom is -0.393 e. The van der Waals surface area contributed by atoms with Crippen molar-refractivity contribution in [3.63, 3.8) is 0 Å². The monoisotopic (exact) mass is 508 g/mol. The summed E-state index contributed by atoms with van der Waals surface area (Å²) in [5, 5.41) is 13.5. The van der Waals surface area contributed by atoms with Gasteiger partial charge in [-0.05, 0) is 94.6 Å². The number of amides is 1. The van der Waals surface area contributed by atoms with E-state index in [-0.39, 0.29) is 23.5 Å². The zero-order valence-electron chi connectivity index (χ0n) is 21.5. The standard InChI is InChI=1S/C27H39F3N4O2/c1-17(35)12-26-13-18-10-19(14-26)23(20(11-18)15-26)32-24(36)25(2,3)34-8-6-33(7-9-34)22-5-4-21(16-31-22)27(28,29)30/h4-5,16-20,23,35H,6-15H2,1-3H3,(H,32,36). The Morgan fingerprint density at radius 2 is 1.78 bits per heavy atom. The fraction of sp³-hybridized carbons (Fsp3) is 0.778. The molecule has 36 heavy (non-hydrogen) atoms. The van der Waals surface area contributed by atoms with Gasteiger partial charge in [0.05, 0.1) is 17.2 Å². The van der Waals surface area contributed by atoms with Gasteiger partial charge < -0.3 is 15.3 Å². The number of piperazine rings is 1. The lowest BCUT2D eigenvalue weighted by atomic mass is 9.47. The molecular weight excluding hydrogens is 469 g/mol. The van der Waals surface area contributed by atoms with E-state index in [0.717, 1.165) is 37.4 Å². The van der Waals surface area contributed by atoms with Crippen molar-refractivity contribution in [3.05, 3.63) is 23.9 Å². The number of aromatic nitrogens is 1. The molecule has 3 unspecified atom stereocenters. The topological polar surface area (TPSA) is 68.7 Å². The number of nitrogens with zero attached hydrogens (tertiary/aromatic N) is 3. The van der Waals surface area contributed by atoms with E-state index in [4.69, 9.17) is 0 Å². The summed E-state index contributed by atoms with van der Waals surface area (Å²) < 4.78 is 38.5. The minimum atomic E-state index is -4.39. The quantitative estimate of drug-likeness (QED) is 0.606. The molecule has 1 amide bonds. The number of pyridine rings is 1. The summed E-state index contributed by atoms with van der Waals surface area (Å²) in [4.78, 5) is 21.7. The van der Waals surface area contributed by atoms with Crippen LogP contribution in [0.3, 0.4) is 0 Å². The normalized spacial score (nSPS) is 33.6. The molecule has 6 rings (SSSR count). The van der Waals surface area contributed by atoms with Crippen LogP contribution in [0.15, 0.2) is 18.3 Å². The molecule has 1 aliphatic heterocycles. The fourth-order valence-electron chi connectivity index (χ4n) is 8.01. The maximum absolute atomic E-state index is 13.6. The molecule has 0 spiro atoms. The van der Waals surface area contributed by atoms with Gasteiger partial charge in [-0.3, -0.25) is 9.69 Å². The van der Waals surface area contributed by atoms with Crippen LogP contribution in [0.2, 0.25) is 0 Å². The molecule has 1 aromatic heterocycles. The van der Waals surface area contributed by atoms with E-state index in [1.165, 1.54) is 25.3 Å². The van der Waals surface area contributed by atoms with E-state index in [2.05, 4.69) is 15.2 Å². The summed E-state index contributed by atoms with van der Waals surface area (Å²) in [6.07, 6.45) is 2.90. The van der Waals surface area contributed by atoms with Gasteiger partial charge in [0.1, 0.15) is 5.82 Å². The molecule has 1 aromatic rings. The first-order valence-electron chi connectivity index (χ1n) is 13.4. The van der Waals surface area contributed by atoms with E-state index in [1.54, 1.807) is 0 Å². The number of anilines is 1. The molecule has 3 atom stereocenters. The lowest BCUT2D eigenvalue weighted by molar-refractivity contribution is -0.140. The maximum atomic E-state index is 13.6. The Kier molecular flexibility index (Phi) is 6.55. The van der Waals surface area contributed by atoms with E-state index in [0.29, 0.717) is 43.8 Å². The van der Waals surface area contributed by atoms with Crippen LogP contribution in [0.25, 0.3) is 0 Å². The summed E-state index contributed by atoms with van der Waals surface area (Å²) in [6.45, 7) is 8.33. The molecule has 9 heteroatoms. The summed E-state index contributed by atoms with van der Waals surface area (Å²) >= 11 is 0. The van der Waals surface area contributed by atoms with Crippen LogP contribution in [0.4, 0.5) is 19.0 Å². The van der Waals surface area contributed by atoms with Crippen molar-refractivity contribution in [1.29, 1.82) is 0 Å². The van der Waals surface area contributed by atoms with Crippen molar-refractivity contribution in [2.24, 2.45) is 23.2 Å². The van der Waals surface area contributed by atoms with Crippen molar-refractivity contribution in [2.45, 2.75) is 83.2 Å². The van der Waals surface area contributed by atoms with E-state index in [1.807, 2.05) is 25.7 Å². The molecule has 4 bridgehead atoms. The first-order chi connectivity index (χ1) is 16.9. The smallest absolute Gasteiger partial charge is 0.393 e. The van der Waals surface area contributed by atoms with Gasteiger partial charge in [0, 0.05) is 38.4 Å². The predicted octanol–water partition coefficient (Wildman–Crippen LogP) is 4.08. The zero-order chi connectivity index (χ0) is 25.9. The van der Waals surface area contributed by atoms with Crippen molar-refractivity contribution < 1.29 is 23.1 Å². The summed E-state index contributed by atoms with van der Waals surface area (Å²) in [7, 11) is 0. The third-order valence-corrected chi connectivity index (χ3v) is 9.45. The first-order valence-corrected chi connectivity index (χ1v) is 13.4. The van der Waals surface area contributed by atoms with Crippen LogP contribution >= 0.6 is 0 Å². The second-order valence-corrected chi connectivity index (χ2v) is 12.5. The summed E-state index contributed by atoms with van der Waals surface area (Å²) in [5.41, 5.74) is -1.17. The van der Waals surface area contributed by atoms with Crippen LogP contribution in [-0.4, -0.2) is 64.8 Å². The van der Waals surface area contributed by atoms with Crippen LogP contribution in [0.1, 0.15) is 64.9 Å². The molecule has 200 valence electrons. The zero-order valence-corrected chi connectivity index (χ0v) is 21.5. The molecule has 5 fully saturated rings. The van der Waals surface area contributed by atoms with Gasteiger partial charge >= 0.3 is 6.18 Å². The number of carbonyl (C=O) groups excluding carboxylic acids is 1. The Balaban J connectivity index is 1.18. The highest BCUT2D eigenvalue weighted by molar-refractivity contribution is 5.85. The van der Waals surface area contributed by atoms with Crippen molar-refractivity contribution >= 4 is 11.7 Å². The van der Waals surface area contributed by atoms with Gasteiger partial charge in [-0.15, -0.1) is 0 Å². The highest BCUT2D eigenvalue weighted by atomic mass is 19.4. The molecule has 1 saturated heterocycles. The molecule has 2 heterocycles. The second kappa shape index (κ2) is 9.15. The van der Waals surface area contributed by atoms with Crippen LogP contribution in [-0.2, 0) is 11.0 Å². The van der Waals surface area contributed by atoms with E-state index < -0.39 is 17.3 Å². The van der Waals surface area contributed by atoms with Gasteiger partial charge in [-0.1, -0.05) is 0 Å². The molecule has 2 N–H and O–H groups in total. The number of hydrogen-bond donors (Lipinski definition) is 2. The predicted molar refractivity (Wildman–Crippen MR) is 131 cm³/mol. The van der Waals surface area contributed by atoms with Gasteiger partial charge in [0.2, 0.25) is 5.91 Å². The molecule has 6 nitrogen and oxygen atoms in total. The van der Waals surface area contributed by atoms with Crippen LogP contribution < -0.4 is 10.2 Å². The molecular formula is C27H39F3N4O2. The Bertz CT molecular complexity index is 937. The summed E-state index contributed by atoms with van der Waals surface area (Å²) in [6, 6.07) is 2.71. The van der Waals surface area contributed by atoms with Gasteiger partial charge in [-0.2, -0.15) is 13.2 Å². The molecule has 0 radical (unpaired) electrons. The lowest BCUT2D eigenvalue weighted by Gasteiger charge is -2.61.